The number of rotatable bonds is 9. The minimum Gasteiger partial charge on any atom is -0.453 e. The molecule has 0 unspecified atom stereocenters. The molecule has 4 aromatic rings. The molecular formula is C28H28Cl2N10O4. The van der Waals surface area contributed by atoms with Gasteiger partial charge in [0.25, 0.3) is 0 Å². The number of nitrogens with zero attached hydrogens (tertiary/aromatic N) is 6. The van der Waals surface area contributed by atoms with E-state index >= 15 is 0 Å². The van der Waals surface area contributed by atoms with Crippen molar-refractivity contribution in [1.82, 2.24) is 45.7 Å². The van der Waals surface area contributed by atoms with Gasteiger partial charge in [0.05, 0.1) is 25.3 Å². The normalized spacial score (nSPS) is 13.9. The number of aromatic amines is 1. The number of nitrogens with one attached hydrogen (secondary N) is 4. The number of methoxy groups -OCH3 is 1. The number of piperazine rings is 1. The van der Waals surface area contributed by atoms with Crippen LogP contribution in [0.4, 0.5) is 10.5 Å². The van der Waals surface area contributed by atoms with E-state index in [2.05, 4.69) is 46.2 Å². The molecule has 3 amide bonds. The minimum absolute atomic E-state index is 0.0438. The Balaban J connectivity index is 1.38. The van der Waals surface area contributed by atoms with E-state index in [1.165, 1.54) is 24.2 Å². The van der Waals surface area contributed by atoms with Gasteiger partial charge in [-0.1, -0.05) is 35.3 Å². The highest BCUT2D eigenvalue weighted by atomic mass is 35.5. The van der Waals surface area contributed by atoms with Crippen molar-refractivity contribution in [3.8, 4) is 16.9 Å². The number of benzene rings is 2. The molecule has 44 heavy (non-hydrogen) atoms. The molecule has 1 aliphatic rings. The van der Waals surface area contributed by atoms with E-state index in [0.29, 0.717) is 65.2 Å². The molecule has 14 nitrogen and oxygen atoms in total. The van der Waals surface area contributed by atoms with E-state index in [1.54, 1.807) is 53.4 Å². The van der Waals surface area contributed by atoms with E-state index in [9.17, 15) is 14.4 Å². The first-order valence-corrected chi connectivity index (χ1v) is 14.3. The molecule has 1 fully saturated rings. The molecular weight excluding hydrogens is 611 g/mol. The number of anilines is 1. The predicted molar refractivity (Wildman–Crippen MR) is 163 cm³/mol. The van der Waals surface area contributed by atoms with Crippen LogP contribution < -0.4 is 16.0 Å². The Kier molecular flexibility index (Phi) is 9.84. The molecule has 1 aliphatic heterocycles. The summed E-state index contributed by atoms with van der Waals surface area (Å²) in [4.78, 5) is 47.4. The lowest BCUT2D eigenvalue weighted by Gasteiger charge is -2.28. The summed E-state index contributed by atoms with van der Waals surface area (Å²) in [5.74, 6) is -0.300. The zero-order valence-corrected chi connectivity index (χ0v) is 25.0. The van der Waals surface area contributed by atoms with Crippen molar-refractivity contribution in [3.05, 3.63) is 76.4 Å². The van der Waals surface area contributed by atoms with Gasteiger partial charge in [0.2, 0.25) is 11.8 Å². The summed E-state index contributed by atoms with van der Waals surface area (Å²) in [5, 5.41) is 20.6. The molecule has 2 aromatic heterocycles. The van der Waals surface area contributed by atoms with Gasteiger partial charge in [-0.2, -0.15) is 4.68 Å². The van der Waals surface area contributed by atoms with Crippen LogP contribution in [-0.2, 0) is 14.3 Å². The van der Waals surface area contributed by atoms with Gasteiger partial charge in [0, 0.05) is 54.1 Å². The Morgan fingerprint density at radius 1 is 1.11 bits per heavy atom. The Morgan fingerprint density at radius 2 is 1.89 bits per heavy atom. The number of carbonyl (C=O) groups is 3. The highest BCUT2D eigenvalue weighted by molar-refractivity contribution is 6.32. The number of aromatic nitrogens is 6. The molecule has 0 radical (unpaired) electrons. The molecule has 0 saturated carbocycles. The first-order valence-electron chi connectivity index (χ1n) is 13.5. The second-order valence-electron chi connectivity index (χ2n) is 9.67. The van der Waals surface area contributed by atoms with Crippen LogP contribution >= 0.6 is 23.2 Å². The summed E-state index contributed by atoms with van der Waals surface area (Å²) in [6, 6.07) is 11.1. The maximum Gasteiger partial charge on any atom is 0.411 e. The molecule has 2 aromatic carbocycles. The average molecular weight is 640 g/mol. The monoisotopic (exact) mass is 638 g/mol. The van der Waals surface area contributed by atoms with Crippen molar-refractivity contribution < 1.29 is 19.1 Å². The lowest BCUT2D eigenvalue weighted by molar-refractivity contribution is -0.132. The van der Waals surface area contributed by atoms with E-state index in [-0.39, 0.29) is 17.5 Å². The fraction of sp³-hybridized carbons (Fsp3) is 0.250. The van der Waals surface area contributed by atoms with Crippen molar-refractivity contribution in [2.24, 2.45) is 0 Å². The number of hydrogen-bond donors (Lipinski definition) is 4. The van der Waals surface area contributed by atoms with Gasteiger partial charge in [-0.3, -0.25) is 14.9 Å². The molecule has 228 valence electrons. The number of carbonyl (C=O) groups excluding carboxylic acids is 3. The third kappa shape index (κ3) is 7.58. The Hall–Kier alpha value is -4.79. The van der Waals surface area contributed by atoms with Gasteiger partial charge < -0.3 is 25.3 Å². The highest BCUT2D eigenvalue weighted by Gasteiger charge is 2.26. The fourth-order valence-corrected chi connectivity index (χ4v) is 4.99. The third-order valence-corrected chi connectivity index (χ3v) is 7.27. The molecule has 16 heteroatoms. The molecule has 3 heterocycles. The van der Waals surface area contributed by atoms with E-state index in [4.69, 9.17) is 23.2 Å². The molecule has 1 atom stereocenters. The SMILES string of the molecule is COC(=O)Nc1ccc(-c2nc([C@H](CC(=O)N3CCNCC3)NC(=O)/C=C/c3cc(Cl)ccc3-n3cnnn3)[nH]c2Cl)cc1. The van der Waals surface area contributed by atoms with Crippen LogP contribution in [0.5, 0.6) is 0 Å². The number of H-pyrrole nitrogens is 1. The van der Waals surface area contributed by atoms with Crippen LogP contribution in [0.15, 0.2) is 54.9 Å². The number of amides is 3. The number of imidazole rings is 1. The van der Waals surface area contributed by atoms with Crippen molar-refractivity contribution in [2.75, 3.05) is 38.6 Å². The molecule has 0 spiro atoms. The van der Waals surface area contributed by atoms with Gasteiger partial charge in [-0.05, 0) is 46.8 Å². The Bertz CT molecular complexity index is 1650. The van der Waals surface area contributed by atoms with Gasteiger partial charge in [-0.25, -0.2) is 9.78 Å². The number of hydrogen-bond acceptors (Lipinski definition) is 9. The number of halogens is 2. The predicted octanol–water partition coefficient (Wildman–Crippen LogP) is 3.23. The van der Waals surface area contributed by atoms with E-state index < -0.39 is 18.0 Å². The topological polar surface area (TPSA) is 172 Å². The summed E-state index contributed by atoms with van der Waals surface area (Å²) in [6.07, 6.45) is 3.71. The standard InChI is InChI=1S/C28H28Cl2N10O4/c1-44-28(43)33-20-6-2-17(3-7-20)25-26(30)36-27(35-25)21(15-24(42)39-12-10-31-11-13-39)34-23(41)9-4-18-14-19(29)5-8-22(18)40-16-32-37-38-40/h2-9,14,16,21,31H,10-13,15H2,1H3,(H,33,43)(H,34,41)(H,35,36)/b9-4+/t21-/m0/s1. The van der Waals surface area contributed by atoms with Crippen molar-refractivity contribution in [3.63, 3.8) is 0 Å². The smallest absolute Gasteiger partial charge is 0.411 e. The maximum atomic E-state index is 13.2. The van der Waals surface area contributed by atoms with Gasteiger partial charge >= 0.3 is 6.09 Å². The van der Waals surface area contributed by atoms with Gasteiger partial charge in [0.1, 0.15) is 23.0 Å². The first-order chi connectivity index (χ1) is 21.3. The van der Waals surface area contributed by atoms with Crippen molar-refractivity contribution in [1.29, 1.82) is 0 Å². The quantitative estimate of drug-likeness (QED) is 0.201. The summed E-state index contributed by atoms with van der Waals surface area (Å²) in [6.45, 7) is 2.49. The number of tetrazole rings is 1. The highest BCUT2D eigenvalue weighted by Crippen LogP contribution is 2.30. The zero-order valence-electron chi connectivity index (χ0n) is 23.5. The van der Waals surface area contributed by atoms with Crippen LogP contribution in [-0.4, -0.2) is 86.3 Å². The number of ether oxygens (including phenoxy) is 1. The minimum atomic E-state index is -0.820. The van der Waals surface area contributed by atoms with Gasteiger partial charge in [0.15, 0.2) is 0 Å². The molecule has 0 aliphatic carbocycles. The third-order valence-electron chi connectivity index (χ3n) is 6.76. The maximum absolute atomic E-state index is 13.2. The van der Waals surface area contributed by atoms with Crippen LogP contribution in [0.1, 0.15) is 23.9 Å². The molecule has 4 N–H and O–H groups in total. The average Bonchev–Trinajstić information content (AvgIpc) is 3.71. The van der Waals surface area contributed by atoms with Crippen molar-refractivity contribution in [2.45, 2.75) is 12.5 Å². The Labute approximate surface area is 261 Å². The van der Waals surface area contributed by atoms with Crippen LogP contribution in [0.2, 0.25) is 10.2 Å². The molecule has 0 bridgehead atoms. The fourth-order valence-electron chi connectivity index (χ4n) is 4.56. The van der Waals surface area contributed by atoms with E-state index in [1.807, 2.05) is 0 Å². The second kappa shape index (κ2) is 14.1. The first kappa shape index (κ1) is 30.7. The van der Waals surface area contributed by atoms with Crippen LogP contribution in [0, 0.1) is 0 Å². The second-order valence-corrected chi connectivity index (χ2v) is 10.5. The Morgan fingerprint density at radius 3 is 2.59 bits per heavy atom. The summed E-state index contributed by atoms with van der Waals surface area (Å²) < 4.78 is 6.07. The van der Waals surface area contributed by atoms with Crippen molar-refractivity contribution >= 4 is 52.9 Å². The van der Waals surface area contributed by atoms with Crippen LogP contribution in [0.25, 0.3) is 23.0 Å². The van der Waals surface area contributed by atoms with Gasteiger partial charge in [-0.15, -0.1) is 5.10 Å². The largest absolute Gasteiger partial charge is 0.453 e. The lowest BCUT2D eigenvalue weighted by atomic mass is 10.1. The summed E-state index contributed by atoms with van der Waals surface area (Å²) in [7, 11) is 1.28. The molecule has 5 rings (SSSR count). The van der Waals surface area contributed by atoms with Crippen LogP contribution in [0.3, 0.4) is 0 Å². The molecule has 1 saturated heterocycles. The lowest BCUT2D eigenvalue weighted by Crippen LogP contribution is -2.47. The summed E-state index contributed by atoms with van der Waals surface area (Å²) >= 11 is 12.7. The zero-order chi connectivity index (χ0) is 31.1. The van der Waals surface area contributed by atoms with E-state index in [0.717, 1.165) is 0 Å². The summed E-state index contributed by atoms with van der Waals surface area (Å²) in [5.41, 5.74) is 2.81.